The standard InChI is InChI=1S/C9H8F2NOS/c1-12-8(13)6-3-2-4-7(5-6)14-9(10)11/h2-5,9H,1H2,(H,12,13). The van der Waals surface area contributed by atoms with Crippen LogP contribution in [0.2, 0.25) is 0 Å². The lowest BCUT2D eigenvalue weighted by Crippen LogP contribution is -2.15. The van der Waals surface area contributed by atoms with Crippen molar-refractivity contribution >= 4 is 17.7 Å². The number of alkyl halides is 2. The molecule has 0 aromatic heterocycles. The van der Waals surface area contributed by atoms with Gasteiger partial charge in [-0.05, 0) is 18.2 Å². The third kappa shape index (κ3) is 2.99. The Bertz CT molecular complexity index is 330. The summed E-state index contributed by atoms with van der Waals surface area (Å²) >= 11 is 0.407. The second-order valence-corrected chi connectivity index (χ2v) is 3.48. The Hall–Kier alpha value is -1.10. The first-order valence-electron chi connectivity index (χ1n) is 3.76. The minimum Gasteiger partial charge on any atom is -0.350 e. The maximum atomic E-state index is 12.0. The smallest absolute Gasteiger partial charge is 0.288 e. The average Bonchev–Trinajstić information content (AvgIpc) is 2.16. The van der Waals surface area contributed by atoms with E-state index in [9.17, 15) is 13.6 Å². The van der Waals surface area contributed by atoms with Crippen LogP contribution >= 0.6 is 11.8 Å². The van der Waals surface area contributed by atoms with Crippen LogP contribution in [0.5, 0.6) is 0 Å². The predicted molar refractivity (Wildman–Crippen MR) is 51.1 cm³/mol. The number of hydrogen-bond acceptors (Lipinski definition) is 2. The third-order valence-corrected chi connectivity index (χ3v) is 2.19. The van der Waals surface area contributed by atoms with E-state index in [0.29, 0.717) is 22.2 Å². The number of hydrogen-bond donors (Lipinski definition) is 1. The molecule has 0 aliphatic rings. The number of halogens is 2. The summed E-state index contributed by atoms with van der Waals surface area (Å²) < 4.78 is 24.0. The van der Waals surface area contributed by atoms with Gasteiger partial charge in [0.05, 0.1) is 0 Å². The lowest BCUT2D eigenvalue weighted by Gasteiger charge is -2.02. The van der Waals surface area contributed by atoms with E-state index < -0.39 is 5.76 Å². The van der Waals surface area contributed by atoms with Crippen molar-refractivity contribution < 1.29 is 13.6 Å². The fourth-order valence-corrected chi connectivity index (χ4v) is 1.47. The average molecular weight is 216 g/mol. The van der Waals surface area contributed by atoms with Crippen molar-refractivity contribution in [3.8, 4) is 0 Å². The van der Waals surface area contributed by atoms with Crippen LogP contribution in [0.1, 0.15) is 10.4 Å². The fraction of sp³-hybridized carbons (Fsp3) is 0.111. The van der Waals surface area contributed by atoms with Gasteiger partial charge >= 0.3 is 0 Å². The molecule has 1 N–H and O–H groups in total. The van der Waals surface area contributed by atoms with Gasteiger partial charge in [-0.1, -0.05) is 17.8 Å². The summed E-state index contributed by atoms with van der Waals surface area (Å²) in [5.74, 6) is -2.87. The third-order valence-electron chi connectivity index (χ3n) is 1.48. The van der Waals surface area contributed by atoms with E-state index in [1.807, 2.05) is 0 Å². The molecular weight excluding hydrogens is 208 g/mol. The molecule has 5 heteroatoms. The molecule has 0 fully saturated rings. The molecule has 0 saturated carbocycles. The second-order valence-electron chi connectivity index (χ2n) is 2.41. The van der Waals surface area contributed by atoms with Crippen molar-refractivity contribution in [1.82, 2.24) is 5.32 Å². The molecule has 0 spiro atoms. The van der Waals surface area contributed by atoms with Gasteiger partial charge in [-0.2, -0.15) is 8.78 Å². The molecule has 1 amide bonds. The highest BCUT2D eigenvalue weighted by atomic mass is 32.2. The summed E-state index contributed by atoms with van der Waals surface area (Å²) in [7, 11) is 3.20. The van der Waals surface area contributed by atoms with Gasteiger partial charge in [0.15, 0.2) is 0 Å². The highest BCUT2D eigenvalue weighted by Gasteiger charge is 2.08. The van der Waals surface area contributed by atoms with Crippen LogP contribution in [0.3, 0.4) is 0 Å². The van der Waals surface area contributed by atoms with Crippen molar-refractivity contribution in [3.63, 3.8) is 0 Å². The molecule has 2 nitrogen and oxygen atoms in total. The summed E-state index contributed by atoms with van der Waals surface area (Å²) in [6.07, 6.45) is 0. The van der Waals surface area contributed by atoms with E-state index in [2.05, 4.69) is 12.4 Å². The largest absolute Gasteiger partial charge is 0.350 e. The maximum Gasteiger partial charge on any atom is 0.288 e. The van der Waals surface area contributed by atoms with Crippen LogP contribution in [0.25, 0.3) is 0 Å². The van der Waals surface area contributed by atoms with Crippen LogP contribution in [-0.4, -0.2) is 11.7 Å². The van der Waals surface area contributed by atoms with Crippen molar-refractivity contribution in [1.29, 1.82) is 0 Å². The number of thioether (sulfide) groups is 1. The van der Waals surface area contributed by atoms with Crippen molar-refractivity contribution in [2.24, 2.45) is 0 Å². The summed E-state index contributed by atoms with van der Waals surface area (Å²) in [4.78, 5) is 11.4. The van der Waals surface area contributed by atoms with Gasteiger partial charge < -0.3 is 5.32 Å². The zero-order chi connectivity index (χ0) is 10.6. The molecule has 1 aromatic carbocycles. The van der Waals surface area contributed by atoms with E-state index in [-0.39, 0.29) is 5.91 Å². The summed E-state index contributed by atoms with van der Waals surface area (Å²) in [6, 6.07) is 6.01. The number of benzene rings is 1. The van der Waals surface area contributed by atoms with E-state index in [4.69, 9.17) is 0 Å². The molecule has 0 aliphatic carbocycles. The summed E-state index contributed by atoms with van der Waals surface area (Å²) in [5.41, 5.74) is 0.325. The Balaban J connectivity index is 2.84. The molecule has 75 valence electrons. The van der Waals surface area contributed by atoms with Gasteiger partial charge in [0, 0.05) is 17.5 Å². The molecule has 1 rings (SSSR count). The maximum absolute atomic E-state index is 12.0. The van der Waals surface area contributed by atoms with Crippen LogP contribution < -0.4 is 5.32 Å². The van der Waals surface area contributed by atoms with Crippen molar-refractivity contribution in [3.05, 3.63) is 36.9 Å². The number of carbonyl (C=O) groups is 1. The van der Waals surface area contributed by atoms with Crippen LogP contribution in [-0.2, 0) is 0 Å². The second kappa shape index (κ2) is 4.95. The minimum atomic E-state index is -2.48. The first-order valence-corrected chi connectivity index (χ1v) is 4.63. The highest BCUT2D eigenvalue weighted by molar-refractivity contribution is 7.99. The van der Waals surface area contributed by atoms with Gasteiger partial charge in [0.1, 0.15) is 0 Å². The lowest BCUT2D eigenvalue weighted by molar-refractivity contribution is 0.0968. The van der Waals surface area contributed by atoms with E-state index in [1.165, 1.54) is 18.2 Å². The number of carbonyl (C=O) groups excluding carboxylic acids is 1. The Morgan fingerprint density at radius 3 is 2.79 bits per heavy atom. The van der Waals surface area contributed by atoms with E-state index in [0.717, 1.165) is 0 Å². The van der Waals surface area contributed by atoms with Gasteiger partial charge in [-0.25, -0.2) is 0 Å². The van der Waals surface area contributed by atoms with E-state index >= 15 is 0 Å². The van der Waals surface area contributed by atoms with Crippen LogP contribution in [0, 0.1) is 7.05 Å². The van der Waals surface area contributed by atoms with Gasteiger partial charge in [0.25, 0.3) is 11.7 Å². The van der Waals surface area contributed by atoms with Gasteiger partial charge in [-0.15, -0.1) is 0 Å². The Labute approximate surface area is 84.7 Å². The van der Waals surface area contributed by atoms with E-state index in [1.54, 1.807) is 6.07 Å². The monoisotopic (exact) mass is 216 g/mol. The van der Waals surface area contributed by atoms with Crippen LogP contribution in [0.4, 0.5) is 8.78 Å². The highest BCUT2D eigenvalue weighted by Crippen LogP contribution is 2.25. The number of amides is 1. The molecule has 1 aromatic rings. The molecule has 14 heavy (non-hydrogen) atoms. The quantitative estimate of drug-likeness (QED) is 0.786. The number of rotatable bonds is 3. The molecule has 0 atom stereocenters. The topological polar surface area (TPSA) is 29.1 Å². The summed E-state index contributed by atoms with van der Waals surface area (Å²) in [5, 5.41) is 2.18. The van der Waals surface area contributed by atoms with Crippen LogP contribution in [0.15, 0.2) is 29.2 Å². The first-order chi connectivity index (χ1) is 6.63. The lowest BCUT2D eigenvalue weighted by atomic mass is 10.2. The predicted octanol–water partition coefficient (Wildman–Crippen LogP) is 2.52. The van der Waals surface area contributed by atoms with Crippen molar-refractivity contribution in [2.75, 3.05) is 0 Å². The Morgan fingerprint density at radius 1 is 1.50 bits per heavy atom. The zero-order valence-electron chi connectivity index (χ0n) is 7.17. The molecule has 1 radical (unpaired) electrons. The molecule has 0 saturated heterocycles. The summed E-state index contributed by atoms with van der Waals surface area (Å²) in [6.45, 7) is 0. The SMILES string of the molecule is [CH2]NC(=O)c1cccc(SC(F)F)c1. The zero-order valence-corrected chi connectivity index (χ0v) is 7.98. The molecule has 0 aliphatic heterocycles. The Morgan fingerprint density at radius 2 is 2.21 bits per heavy atom. The fourth-order valence-electron chi connectivity index (χ4n) is 0.916. The molecular formula is C9H8F2NOS. The molecule has 0 bridgehead atoms. The van der Waals surface area contributed by atoms with Gasteiger partial charge in [0.2, 0.25) is 0 Å². The van der Waals surface area contributed by atoms with Crippen molar-refractivity contribution in [2.45, 2.75) is 10.7 Å². The molecule has 0 unspecified atom stereocenters. The normalized spacial score (nSPS) is 10.3. The molecule has 0 heterocycles. The number of nitrogens with one attached hydrogen (secondary N) is 1. The minimum absolute atomic E-state index is 0.325. The Kier molecular flexibility index (Phi) is 3.88. The van der Waals surface area contributed by atoms with Gasteiger partial charge in [-0.3, -0.25) is 4.79 Å². The first kappa shape index (κ1) is 11.0.